The zero-order chi connectivity index (χ0) is 9.97. The highest BCUT2D eigenvalue weighted by atomic mass is 16.1. The van der Waals surface area contributed by atoms with Crippen LogP contribution in [0.1, 0.15) is 0 Å². The van der Waals surface area contributed by atoms with Crippen molar-refractivity contribution in [1.29, 1.82) is 0 Å². The summed E-state index contributed by atoms with van der Waals surface area (Å²) >= 11 is 0. The quantitative estimate of drug-likeness (QED) is 0.643. The second-order valence-electron chi connectivity index (χ2n) is 2.82. The molecule has 0 radical (unpaired) electrons. The Morgan fingerprint density at radius 2 is 2.14 bits per heavy atom. The van der Waals surface area contributed by atoms with Crippen molar-refractivity contribution in [1.82, 2.24) is 19.5 Å². The van der Waals surface area contributed by atoms with Crippen molar-refractivity contribution in [2.75, 3.05) is 0 Å². The van der Waals surface area contributed by atoms with Gasteiger partial charge in [0.2, 0.25) is 0 Å². The molecule has 70 valence electrons. The Balaban J connectivity index is 2.54. The third-order valence-corrected chi connectivity index (χ3v) is 1.82. The Bertz CT molecular complexity index is 492. The first kappa shape index (κ1) is 8.55. The van der Waals surface area contributed by atoms with Crippen molar-refractivity contribution >= 4 is 0 Å². The number of rotatable bonds is 1. The van der Waals surface area contributed by atoms with E-state index in [4.69, 9.17) is 0 Å². The lowest BCUT2D eigenvalue weighted by Crippen LogP contribution is -2.15. The van der Waals surface area contributed by atoms with Crippen LogP contribution in [0, 0.1) is 0 Å². The van der Waals surface area contributed by atoms with E-state index in [1.165, 1.54) is 23.3 Å². The summed E-state index contributed by atoms with van der Waals surface area (Å²) in [4.78, 5) is 23.2. The fraction of sp³-hybridized carbons (Fsp3) is 0.111. The maximum Gasteiger partial charge on any atom is 0.253 e. The fourth-order valence-corrected chi connectivity index (χ4v) is 1.04. The molecule has 0 aliphatic rings. The topological polar surface area (TPSA) is 60.7 Å². The average Bonchev–Trinajstić information content (AvgIpc) is 2.23. The molecule has 0 amide bonds. The highest BCUT2D eigenvalue weighted by molar-refractivity contribution is 5.51. The van der Waals surface area contributed by atoms with Gasteiger partial charge < -0.3 is 4.57 Å². The lowest BCUT2D eigenvalue weighted by Gasteiger charge is -1.99. The number of nitrogens with zero attached hydrogens (tertiary/aromatic N) is 4. The normalized spacial score (nSPS) is 10.1. The molecule has 2 heterocycles. The van der Waals surface area contributed by atoms with Crippen molar-refractivity contribution < 1.29 is 0 Å². The van der Waals surface area contributed by atoms with Gasteiger partial charge in [-0.25, -0.2) is 15.0 Å². The number of hydrogen-bond donors (Lipinski definition) is 0. The van der Waals surface area contributed by atoms with E-state index >= 15 is 0 Å². The molecule has 0 N–H and O–H groups in total. The SMILES string of the molecule is Cn1cnc(-c2ccncn2)cc1=O. The predicted molar refractivity (Wildman–Crippen MR) is 50.5 cm³/mol. The van der Waals surface area contributed by atoms with E-state index in [0.29, 0.717) is 11.4 Å². The molecule has 5 nitrogen and oxygen atoms in total. The molecule has 0 saturated carbocycles. The van der Waals surface area contributed by atoms with Crippen LogP contribution in [0.4, 0.5) is 0 Å². The molecule has 0 fully saturated rings. The highest BCUT2D eigenvalue weighted by Crippen LogP contribution is 2.08. The molecule has 0 bridgehead atoms. The van der Waals surface area contributed by atoms with Gasteiger partial charge in [0.1, 0.15) is 6.33 Å². The van der Waals surface area contributed by atoms with Crippen LogP contribution in [-0.2, 0) is 7.05 Å². The zero-order valence-electron chi connectivity index (χ0n) is 7.58. The summed E-state index contributed by atoms with van der Waals surface area (Å²) < 4.78 is 1.41. The molecule has 2 rings (SSSR count). The van der Waals surface area contributed by atoms with Gasteiger partial charge in [0.15, 0.2) is 0 Å². The second-order valence-corrected chi connectivity index (χ2v) is 2.82. The van der Waals surface area contributed by atoms with Crippen LogP contribution < -0.4 is 5.56 Å². The standard InChI is InChI=1S/C9H8N4O/c1-13-6-12-8(4-9(13)14)7-2-3-10-5-11-7/h2-6H,1H3. The minimum absolute atomic E-state index is 0.103. The predicted octanol–water partition coefficient (Wildman–Crippen LogP) is 0.237. The Hall–Kier alpha value is -2.04. The van der Waals surface area contributed by atoms with Gasteiger partial charge in [0, 0.05) is 19.3 Å². The Morgan fingerprint density at radius 1 is 1.29 bits per heavy atom. The third kappa shape index (κ3) is 1.52. The molecule has 0 atom stereocenters. The molecule has 5 heteroatoms. The molecular weight excluding hydrogens is 180 g/mol. The zero-order valence-corrected chi connectivity index (χ0v) is 7.58. The summed E-state index contributed by atoms with van der Waals surface area (Å²) in [6.45, 7) is 0. The van der Waals surface area contributed by atoms with Gasteiger partial charge in [-0.15, -0.1) is 0 Å². The first-order valence-electron chi connectivity index (χ1n) is 4.06. The summed E-state index contributed by atoms with van der Waals surface area (Å²) in [6.07, 6.45) is 4.51. The number of aryl methyl sites for hydroxylation is 1. The molecule has 2 aromatic heterocycles. The maximum absolute atomic E-state index is 11.3. The van der Waals surface area contributed by atoms with E-state index in [0.717, 1.165) is 0 Å². The van der Waals surface area contributed by atoms with Crippen LogP contribution in [0.25, 0.3) is 11.4 Å². The van der Waals surface area contributed by atoms with E-state index < -0.39 is 0 Å². The van der Waals surface area contributed by atoms with E-state index in [9.17, 15) is 4.79 Å². The lowest BCUT2D eigenvalue weighted by molar-refractivity contribution is 0.825. The maximum atomic E-state index is 11.3. The van der Waals surface area contributed by atoms with Gasteiger partial charge in [-0.1, -0.05) is 0 Å². The smallest absolute Gasteiger partial charge is 0.253 e. The van der Waals surface area contributed by atoms with E-state index in [1.807, 2.05) is 0 Å². The van der Waals surface area contributed by atoms with Crippen molar-refractivity contribution in [3.05, 3.63) is 41.3 Å². The first-order valence-corrected chi connectivity index (χ1v) is 4.06. The molecule has 0 spiro atoms. The number of aromatic nitrogens is 4. The Labute approximate surface area is 80.1 Å². The van der Waals surface area contributed by atoms with Crippen LogP contribution in [0.3, 0.4) is 0 Å². The average molecular weight is 188 g/mol. The highest BCUT2D eigenvalue weighted by Gasteiger charge is 2.00. The number of hydrogen-bond acceptors (Lipinski definition) is 4. The molecule has 2 aromatic rings. The van der Waals surface area contributed by atoms with Gasteiger partial charge in [-0.3, -0.25) is 4.79 Å². The molecule has 0 aromatic carbocycles. The van der Waals surface area contributed by atoms with Crippen molar-refractivity contribution in [2.24, 2.45) is 7.05 Å². The summed E-state index contributed by atoms with van der Waals surface area (Å²) in [5.41, 5.74) is 1.11. The monoisotopic (exact) mass is 188 g/mol. The van der Waals surface area contributed by atoms with Crippen LogP contribution in [0.5, 0.6) is 0 Å². The minimum Gasteiger partial charge on any atom is -0.302 e. The molecule has 14 heavy (non-hydrogen) atoms. The molecule has 0 unspecified atom stereocenters. The van der Waals surface area contributed by atoms with Gasteiger partial charge >= 0.3 is 0 Å². The van der Waals surface area contributed by atoms with Crippen LogP contribution in [0.2, 0.25) is 0 Å². The summed E-state index contributed by atoms with van der Waals surface area (Å²) in [7, 11) is 1.65. The van der Waals surface area contributed by atoms with Crippen LogP contribution in [0.15, 0.2) is 35.8 Å². The summed E-state index contributed by atoms with van der Waals surface area (Å²) in [5, 5.41) is 0. The van der Waals surface area contributed by atoms with Gasteiger partial charge in [0.25, 0.3) is 5.56 Å². The molecular formula is C9H8N4O. The molecule has 0 saturated heterocycles. The van der Waals surface area contributed by atoms with Crippen molar-refractivity contribution in [2.45, 2.75) is 0 Å². The van der Waals surface area contributed by atoms with Crippen LogP contribution in [-0.4, -0.2) is 19.5 Å². The second kappa shape index (κ2) is 3.37. The van der Waals surface area contributed by atoms with E-state index in [1.54, 1.807) is 19.3 Å². The first-order chi connectivity index (χ1) is 6.77. The fourth-order valence-electron chi connectivity index (χ4n) is 1.04. The Morgan fingerprint density at radius 3 is 2.79 bits per heavy atom. The van der Waals surface area contributed by atoms with Crippen molar-refractivity contribution in [3.8, 4) is 11.4 Å². The van der Waals surface area contributed by atoms with Gasteiger partial charge in [0.05, 0.1) is 17.7 Å². The molecule has 0 aliphatic carbocycles. The lowest BCUT2D eigenvalue weighted by atomic mass is 10.3. The summed E-state index contributed by atoms with van der Waals surface area (Å²) in [5.74, 6) is 0. The molecule has 0 aliphatic heterocycles. The largest absolute Gasteiger partial charge is 0.302 e. The van der Waals surface area contributed by atoms with Crippen LogP contribution >= 0.6 is 0 Å². The van der Waals surface area contributed by atoms with Gasteiger partial charge in [-0.05, 0) is 6.07 Å². The summed E-state index contributed by atoms with van der Waals surface area (Å²) in [6, 6.07) is 3.16. The Kier molecular flexibility index (Phi) is 2.06. The third-order valence-electron chi connectivity index (χ3n) is 1.82. The van der Waals surface area contributed by atoms with E-state index in [-0.39, 0.29) is 5.56 Å². The van der Waals surface area contributed by atoms with E-state index in [2.05, 4.69) is 15.0 Å². The van der Waals surface area contributed by atoms with Crippen molar-refractivity contribution in [3.63, 3.8) is 0 Å². The van der Waals surface area contributed by atoms with Gasteiger partial charge in [-0.2, -0.15) is 0 Å². The minimum atomic E-state index is -0.103.